The van der Waals surface area contributed by atoms with Crippen LogP contribution >= 0.6 is 0 Å². The molecule has 0 radical (unpaired) electrons. The van der Waals surface area contributed by atoms with Gasteiger partial charge in [-0.05, 0) is 13.8 Å². The Morgan fingerprint density at radius 3 is 1.00 bits per heavy atom. The molecule has 0 saturated heterocycles. The predicted molar refractivity (Wildman–Crippen MR) is 65.6 cm³/mol. The van der Waals surface area contributed by atoms with E-state index in [0.717, 1.165) is 0 Å². The standard InChI is InChI=1S/2C6H8O4.Mg/c2*1-4(7)2-5(8)3-6(9)10;/h2*2-3H2,1H3,(H,9,10);/q;;+2/p-2. The Morgan fingerprint density at radius 2 is 0.857 bits per heavy atom. The molecule has 0 aliphatic heterocycles. The van der Waals surface area contributed by atoms with Crippen molar-refractivity contribution in [1.82, 2.24) is 0 Å². The van der Waals surface area contributed by atoms with E-state index in [4.69, 9.17) is 0 Å². The van der Waals surface area contributed by atoms with E-state index < -0.39 is 36.3 Å². The molecule has 0 atom stereocenters. The van der Waals surface area contributed by atoms with Crippen LogP contribution in [0.15, 0.2) is 0 Å². The first-order valence-electron chi connectivity index (χ1n) is 5.46. The van der Waals surface area contributed by atoms with Gasteiger partial charge in [-0.15, -0.1) is 0 Å². The maximum Gasteiger partial charge on any atom is 2.00 e. The van der Waals surface area contributed by atoms with Crippen LogP contribution in [0.4, 0.5) is 0 Å². The minimum absolute atomic E-state index is 0. The summed E-state index contributed by atoms with van der Waals surface area (Å²) in [5, 5.41) is 19.5. The van der Waals surface area contributed by atoms with Crippen LogP contribution in [0.5, 0.6) is 0 Å². The Labute approximate surface area is 137 Å². The number of Topliss-reactive ketones (excluding diaryl/α,β-unsaturated/α-hetero) is 4. The molecular formula is C12H14MgO8. The van der Waals surface area contributed by atoms with Crippen molar-refractivity contribution in [2.24, 2.45) is 0 Å². The fourth-order valence-electron chi connectivity index (χ4n) is 1.00. The summed E-state index contributed by atoms with van der Waals surface area (Å²) in [6, 6.07) is 0. The van der Waals surface area contributed by atoms with Crippen LogP contribution in [0.1, 0.15) is 39.5 Å². The Hall–Kier alpha value is -1.61. The van der Waals surface area contributed by atoms with Crippen molar-refractivity contribution in [3.63, 3.8) is 0 Å². The van der Waals surface area contributed by atoms with Crippen LogP contribution in [0.25, 0.3) is 0 Å². The monoisotopic (exact) mass is 310 g/mol. The van der Waals surface area contributed by atoms with Crippen LogP contribution in [-0.4, -0.2) is 58.1 Å². The van der Waals surface area contributed by atoms with Crippen molar-refractivity contribution >= 4 is 58.1 Å². The van der Waals surface area contributed by atoms with Gasteiger partial charge < -0.3 is 19.8 Å². The number of ketones is 4. The largest absolute Gasteiger partial charge is 2.00 e. The Bertz CT molecular complexity index is 351. The molecule has 0 saturated carbocycles. The Balaban J connectivity index is -0.000000295. The van der Waals surface area contributed by atoms with E-state index in [-0.39, 0.29) is 47.5 Å². The van der Waals surface area contributed by atoms with Gasteiger partial charge in [0.05, 0.1) is 12.8 Å². The van der Waals surface area contributed by atoms with Gasteiger partial charge in [0.2, 0.25) is 0 Å². The SMILES string of the molecule is CC(=O)CC(=O)CC(=O)[O-].CC(=O)CC(=O)CC(=O)[O-].[Mg+2]. The van der Waals surface area contributed by atoms with E-state index >= 15 is 0 Å². The molecule has 0 rings (SSSR count). The van der Waals surface area contributed by atoms with Crippen molar-refractivity contribution in [2.75, 3.05) is 0 Å². The summed E-state index contributed by atoms with van der Waals surface area (Å²) >= 11 is 0. The van der Waals surface area contributed by atoms with Crippen molar-refractivity contribution in [1.29, 1.82) is 0 Å². The molecule has 0 aromatic heterocycles. The van der Waals surface area contributed by atoms with E-state index in [2.05, 4.69) is 0 Å². The Morgan fingerprint density at radius 1 is 0.619 bits per heavy atom. The van der Waals surface area contributed by atoms with Crippen LogP contribution in [0, 0.1) is 0 Å². The fourth-order valence-corrected chi connectivity index (χ4v) is 1.00. The van der Waals surface area contributed by atoms with E-state index in [0.29, 0.717) is 0 Å². The van der Waals surface area contributed by atoms with Gasteiger partial charge in [0.25, 0.3) is 0 Å². The molecule has 0 aromatic rings. The molecule has 9 heteroatoms. The van der Waals surface area contributed by atoms with Gasteiger partial charge in [-0.25, -0.2) is 0 Å². The first kappa shape index (κ1) is 24.4. The van der Waals surface area contributed by atoms with Crippen molar-refractivity contribution < 1.29 is 39.0 Å². The number of hydrogen-bond donors (Lipinski definition) is 0. The zero-order chi connectivity index (χ0) is 16.3. The van der Waals surface area contributed by atoms with Gasteiger partial charge >= 0.3 is 23.1 Å². The van der Waals surface area contributed by atoms with Gasteiger partial charge in [0.1, 0.15) is 23.1 Å². The van der Waals surface area contributed by atoms with Gasteiger partial charge in [-0.3, -0.25) is 19.2 Å². The normalized spacial score (nSPS) is 8.48. The average Bonchev–Trinajstić information content (AvgIpc) is 2.11. The third kappa shape index (κ3) is 23.9. The zero-order valence-electron chi connectivity index (χ0n) is 11.8. The molecule has 0 aromatic carbocycles. The van der Waals surface area contributed by atoms with Gasteiger partial charge in [-0.2, -0.15) is 0 Å². The summed E-state index contributed by atoms with van der Waals surface area (Å²) in [6.07, 6.45) is -1.96. The number of hydrogen-bond acceptors (Lipinski definition) is 8. The molecule has 21 heavy (non-hydrogen) atoms. The average molecular weight is 311 g/mol. The molecule has 8 nitrogen and oxygen atoms in total. The third-order valence-corrected chi connectivity index (χ3v) is 1.58. The fraction of sp³-hybridized carbons (Fsp3) is 0.500. The molecule has 0 bridgehead atoms. The smallest absolute Gasteiger partial charge is 0.550 e. The number of rotatable bonds is 8. The first-order chi connectivity index (χ1) is 9.04. The van der Waals surface area contributed by atoms with Crippen LogP contribution in [-0.2, 0) is 28.8 Å². The minimum Gasteiger partial charge on any atom is -0.550 e. The Kier molecular flexibility index (Phi) is 15.5. The molecular weight excluding hydrogens is 296 g/mol. The third-order valence-electron chi connectivity index (χ3n) is 1.58. The van der Waals surface area contributed by atoms with Gasteiger partial charge in [0.15, 0.2) is 0 Å². The summed E-state index contributed by atoms with van der Waals surface area (Å²) in [4.78, 5) is 60.7. The second kappa shape index (κ2) is 13.4. The molecule has 0 unspecified atom stereocenters. The number of carbonyl (C=O) groups is 6. The predicted octanol–water partition coefficient (Wildman–Crippen LogP) is -3.03. The number of carboxylic acids is 2. The zero-order valence-corrected chi connectivity index (χ0v) is 13.2. The van der Waals surface area contributed by atoms with Crippen molar-refractivity contribution in [3.05, 3.63) is 0 Å². The summed E-state index contributed by atoms with van der Waals surface area (Å²) in [6.45, 7) is 2.46. The second-order valence-corrected chi connectivity index (χ2v) is 3.93. The van der Waals surface area contributed by atoms with Crippen LogP contribution in [0.3, 0.4) is 0 Å². The van der Waals surface area contributed by atoms with E-state index in [1.807, 2.05) is 0 Å². The van der Waals surface area contributed by atoms with Gasteiger partial charge in [0, 0.05) is 24.8 Å². The number of carboxylic acid groups (broad SMARTS) is 2. The van der Waals surface area contributed by atoms with E-state index in [9.17, 15) is 39.0 Å². The van der Waals surface area contributed by atoms with Crippen LogP contribution < -0.4 is 10.2 Å². The van der Waals surface area contributed by atoms with E-state index in [1.54, 1.807) is 0 Å². The second-order valence-electron chi connectivity index (χ2n) is 3.93. The quantitative estimate of drug-likeness (QED) is 0.339. The topological polar surface area (TPSA) is 149 Å². The molecule has 0 heterocycles. The molecule has 0 N–H and O–H groups in total. The minimum atomic E-state index is -1.44. The molecule has 0 aliphatic rings. The molecule has 112 valence electrons. The van der Waals surface area contributed by atoms with Gasteiger partial charge in [-0.1, -0.05) is 0 Å². The summed E-state index contributed by atoms with van der Waals surface area (Å²) in [5.41, 5.74) is 0. The maximum absolute atomic E-state index is 10.4. The summed E-state index contributed by atoms with van der Waals surface area (Å²) < 4.78 is 0. The van der Waals surface area contributed by atoms with Crippen molar-refractivity contribution in [3.8, 4) is 0 Å². The summed E-state index contributed by atoms with van der Waals surface area (Å²) in [7, 11) is 0. The number of aliphatic carboxylic acids is 2. The maximum atomic E-state index is 10.4. The van der Waals surface area contributed by atoms with E-state index in [1.165, 1.54) is 13.8 Å². The molecule has 0 spiro atoms. The number of carbonyl (C=O) groups excluding carboxylic acids is 6. The first-order valence-corrected chi connectivity index (χ1v) is 5.46. The molecule has 0 aliphatic carbocycles. The van der Waals surface area contributed by atoms with Crippen molar-refractivity contribution in [2.45, 2.75) is 39.5 Å². The molecule has 0 fully saturated rings. The summed E-state index contributed by atoms with van der Waals surface area (Å²) in [5.74, 6) is -4.74. The van der Waals surface area contributed by atoms with Crippen LogP contribution in [0.2, 0.25) is 0 Å². The molecule has 0 amide bonds.